The molecule has 1 atom stereocenters. The Balaban J connectivity index is 1.97. The number of nitrogens with one attached hydrogen (secondary N) is 1. The van der Waals surface area contributed by atoms with Gasteiger partial charge in [0.05, 0.1) is 6.20 Å². The van der Waals surface area contributed by atoms with E-state index in [0.29, 0.717) is 12.1 Å². The summed E-state index contributed by atoms with van der Waals surface area (Å²) in [4.78, 5) is 6.29. The molecule has 1 aliphatic rings. The average molecular weight is 251 g/mol. The number of rotatable bonds is 5. The van der Waals surface area contributed by atoms with Crippen molar-refractivity contribution in [2.45, 2.75) is 45.3 Å². The van der Waals surface area contributed by atoms with Gasteiger partial charge in [-0.15, -0.1) is 0 Å². The van der Waals surface area contributed by atoms with Crippen molar-refractivity contribution in [3.8, 4) is 0 Å². The normalized spacial score (nSPS) is 19.9. The van der Waals surface area contributed by atoms with Crippen LogP contribution in [0.25, 0.3) is 0 Å². The zero-order valence-corrected chi connectivity index (χ0v) is 11.2. The van der Waals surface area contributed by atoms with Crippen LogP contribution < -0.4 is 5.32 Å². The molecule has 1 N–H and O–H groups in total. The monoisotopic (exact) mass is 251 g/mol. The number of hydrogen-bond donors (Lipinski definition) is 1. The second-order valence-electron chi connectivity index (χ2n) is 5.33. The molecule has 0 aliphatic carbocycles. The maximum atomic E-state index is 13.1. The van der Waals surface area contributed by atoms with Crippen LogP contribution in [0.15, 0.2) is 18.5 Å². The molecule has 1 aromatic rings. The Morgan fingerprint density at radius 2 is 2.33 bits per heavy atom. The molecule has 1 aromatic heterocycles. The molecule has 0 amide bonds. The Morgan fingerprint density at radius 3 is 2.94 bits per heavy atom. The topological polar surface area (TPSA) is 28.2 Å². The third-order valence-corrected chi connectivity index (χ3v) is 3.49. The highest BCUT2D eigenvalue weighted by Crippen LogP contribution is 2.13. The van der Waals surface area contributed by atoms with Gasteiger partial charge >= 0.3 is 0 Å². The molecule has 3 nitrogen and oxygen atoms in total. The van der Waals surface area contributed by atoms with Crippen LogP contribution in [0.4, 0.5) is 4.39 Å². The summed E-state index contributed by atoms with van der Waals surface area (Å²) in [6, 6.07) is 2.61. The van der Waals surface area contributed by atoms with Crippen LogP contribution in [-0.2, 0) is 6.54 Å². The number of aromatic nitrogens is 1. The lowest BCUT2D eigenvalue weighted by Gasteiger charge is -2.29. The molecule has 0 spiro atoms. The minimum Gasteiger partial charge on any atom is -0.313 e. The summed E-state index contributed by atoms with van der Waals surface area (Å²) in [7, 11) is 0. The van der Waals surface area contributed by atoms with Gasteiger partial charge in [0.25, 0.3) is 0 Å². The molecule has 0 saturated carbocycles. The molecule has 2 rings (SSSR count). The summed E-state index contributed by atoms with van der Waals surface area (Å²) in [5.74, 6) is -0.254. The van der Waals surface area contributed by atoms with Crippen molar-refractivity contribution >= 4 is 0 Å². The lowest BCUT2D eigenvalue weighted by molar-refractivity contribution is 0.193. The van der Waals surface area contributed by atoms with Gasteiger partial charge in [-0.2, -0.15) is 0 Å². The molecule has 1 saturated heterocycles. The molecule has 18 heavy (non-hydrogen) atoms. The summed E-state index contributed by atoms with van der Waals surface area (Å²) < 4.78 is 13.1. The minimum absolute atomic E-state index is 0.254. The first kappa shape index (κ1) is 13.4. The van der Waals surface area contributed by atoms with E-state index >= 15 is 0 Å². The first-order chi connectivity index (χ1) is 8.65. The standard InChI is InChI=1S/C14H22FN3/c1-11(2)18(10-14-4-3-5-17-14)9-12-6-13(15)8-16-7-12/h6-8,11,14,17H,3-5,9-10H2,1-2H3. The number of halogens is 1. The van der Waals surface area contributed by atoms with E-state index in [1.165, 1.54) is 19.0 Å². The molecule has 1 aliphatic heterocycles. The fraction of sp³-hybridized carbons (Fsp3) is 0.643. The van der Waals surface area contributed by atoms with E-state index in [4.69, 9.17) is 0 Å². The molecule has 4 heteroatoms. The minimum atomic E-state index is -0.254. The molecule has 0 bridgehead atoms. The van der Waals surface area contributed by atoms with Crippen molar-refractivity contribution in [1.82, 2.24) is 15.2 Å². The van der Waals surface area contributed by atoms with Gasteiger partial charge in [0, 0.05) is 31.4 Å². The van der Waals surface area contributed by atoms with E-state index in [1.54, 1.807) is 12.3 Å². The maximum absolute atomic E-state index is 13.1. The van der Waals surface area contributed by atoms with Crippen molar-refractivity contribution in [1.29, 1.82) is 0 Å². The number of hydrogen-bond acceptors (Lipinski definition) is 3. The Hall–Kier alpha value is -1.00. The summed E-state index contributed by atoms with van der Waals surface area (Å²) >= 11 is 0. The first-order valence-corrected chi connectivity index (χ1v) is 6.72. The second-order valence-corrected chi connectivity index (χ2v) is 5.33. The van der Waals surface area contributed by atoms with Gasteiger partial charge in [-0.3, -0.25) is 9.88 Å². The van der Waals surface area contributed by atoms with Gasteiger partial charge in [-0.25, -0.2) is 4.39 Å². The molecule has 1 unspecified atom stereocenters. The van der Waals surface area contributed by atoms with Crippen LogP contribution in [0.1, 0.15) is 32.3 Å². The molecule has 0 radical (unpaired) electrons. The maximum Gasteiger partial charge on any atom is 0.141 e. The summed E-state index contributed by atoms with van der Waals surface area (Å²) in [5, 5.41) is 3.51. The van der Waals surface area contributed by atoms with Crippen molar-refractivity contribution in [3.63, 3.8) is 0 Å². The molecular weight excluding hydrogens is 229 g/mol. The van der Waals surface area contributed by atoms with E-state index in [9.17, 15) is 4.39 Å². The second kappa shape index (κ2) is 6.25. The van der Waals surface area contributed by atoms with E-state index in [0.717, 1.165) is 25.2 Å². The zero-order chi connectivity index (χ0) is 13.0. The predicted molar refractivity (Wildman–Crippen MR) is 70.8 cm³/mol. The Morgan fingerprint density at radius 1 is 1.50 bits per heavy atom. The van der Waals surface area contributed by atoms with E-state index in [-0.39, 0.29) is 5.82 Å². The van der Waals surface area contributed by atoms with Crippen LogP contribution >= 0.6 is 0 Å². The molecule has 2 heterocycles. The first-order valence-electron chi connectivity index (χ1n) is 6.72. The highest BCUT2D eigenvalue weighted by Gasteiger charge is 2.19. The molecular formula is C14H22FN3. The van der Waals surface area contributed by atoms with E-state index in [1.807, 2.05) is 0 Å². The van der Waals surface area contributed by atoms with Crippen molar-refractivity contribution in [3.05, 3.63) is 29.8 Å². The lowest BCUT2D eigenvalue weighted by Crippen LogP contribution is -2.40. The molecule has 1 fully saturated rings. The van der Waals surface area contributed by atoms with Crippen LogP contribution in [0, 0.1) is 5.82 Å². The van der Waals surface area contributed by atoms with Gasteiger partial charge in [-0.1, -0.05) is 0 Å². The quantitative estimate of drug-likeness (QED) is 0.869. The summed E-state index contributed by atoms with van der Waals surface area (Å²) in [6.45, 7) is 7.27. The highest BCUT2D eigenvalue weighted by atomic mass is 19.1. The Kier molecular flexibility index (Phi) is 4.66. The molecule has 0 aromatic carbocycles. The number of pyridine rings is 1. The van der Waals surface area contributed by atoms with Crippen LogP contribution in [0.3, 0.4) is 0 Å². The molecule has 100 valence electrons. The van der Waals surface area contributed by atoms with Gasteiger partial charge in [0.2, 0.25) is 0 Å². The number of nitrogens with zero attached hydrogens (tertiary/aromatic N) is 2. The SMILES string of the molecule is CC(C)N(Cc1cncc(F)c1)CC1CCCN1. The Bertz CT molecular complexity index is 375. The van der Waals surface area contributed by atoms with Crippen molar-refractivity contribution in [2.24, 2.45) is 0 Å². The van der Waals surface area contributed by atoms with Gasteiger partial charge in [0.15, 0.2) is 0 Å². The Labute approximate surface area is 108 Å². The fourth-order valence-corrected chi connectivity index (χ4v) is 2.43. The lowest BCUT2D eigenvalue weighted by atomic mass is 10.1. The third-order valence-electron chi connectivity index (χ3n) is 3.49. The highest BCUT2D eigenvalue weighted by molar-refractivity contribution is 5.10. The van der Waals surface area contributed by atoms with E-state index in [2.05, 4.69) is 29.0 Å². The summed E-state index contributed by atoms with van der Waals surface area (Å²) in [5.41, 5.74) is 0.946. The van der Waals surface area contributed by atoms with Crippen LogP contribution in [0.5, 0.6) is 0 Å². The van der Waals surface area contributed by atoms with Crippen molar-refractivity contribution in [2.75, 3.05) is 13.1 Å². The van der Waals surface area contributed by atoms with Gasteiger partial charge in [-0.05, 0) is 44.9 Å². The fourth-order valence-electron chi connectivity index (χ4n) is 2.43. The van der Waals surface area contributed by atoms with Gasteiger partial charge < -0.3 is 5.32 Å². The zero-order valence-electron chi connectivity index (χ0n) is 11.2. The summed E-state index contributed by atoms with van der Waals surface area (Å²) in [6.07, 6.45) is 5.50. The van der Waals surface area contributed by atoms with E-state index < -0.39 is 0 Å². The van der Waals surface area contributed by atoms with Crippen LogP contribution in [-0.4, -0.2) is 35.1 Å². The third kappa shape index (κ3) is 3.75. The van der Waals surface area contributed by atoms with Crippen LogP contribution in [0.2, 0.25) is 0 Å². The smallest absolute Gasteiger partial charge is 0.141 e. The van der Waals surface area contributed by atoms with Gasteiger partial charge in [0.1, 0.15) is 5.82 Å². The van der Waals surface area contributed by atoms with Crippen molar-refractivity contribution < 1.29 is 4.39 Å². The average Bonchev–Trinajstić information content (AvgIpc) is 2.81. The largest absolute Gasteiger partial charge is 0.313 e. The predicted octanol–water partition coefficient (Wildman–Crippen LogP) is 2.18.